The van der Waals surface area contributed by atoms with Crippen LogP contribution in [0.25, 0.3) is 6.08 Å². The number of carbonyl (C=O) groups excluding carboxylic acids is 1. The van der Waals surface area contributed by atoms with Gasteiger partial charge in [-0.15, -0.1) is 15.7 Å². The van der Waals surface area contributed by atoms with Crippen LogP contribution in [-0.4, -0.2) is 30.9 Å². The van der Waals surface area contributed by atoms with Crippen LogP contribution in [0.15, 0.2) is 53.8 Å². The molecule has 0 radical (unpaired) electrons. The van der Waals surface area contributed by atoms with E-state index in [4.69, 9.17) is 4.42 Å². The van der Waals surface area contributed by atoms with Crippen LogP contribution < -0.4 is 0 Å². The fourth-order valence-electron chi connectivity index (χ4n) is 1.92. The normalized spacial score (nSPS) is 19.2. The summed E-state index contributed by atoms with van der Waals surface area (Å²) in [5, 5.41) is 1.82. The lowest BCUT2D eigenvalue weighted by Gasteiger charge is -2.11. The number of rotatable bonds is 4. The Labute approximate surface area is 141 Å². The third-order valence-electron chi connectivity index (χ3n) is 2.97. The summed E-state index contributed by atoms with van der Waals surface area (Å²) in [6.45, 7) is 2.10. The van der Waals surface area contributed by atoms with Gasteiger partial charge in [0.1, 0.15) is 9.97 Å². The number of thiophene rings is 1. The number of nitrogens with zero attached hydrogens (tertiary/aromatic N) is 2. The van der Waals surface area contributed by atoms with E-state index in [1.54, 1.807) is 36.6 Å². The SMILES string of the molecule is CCN1C(=O)C(=Cc2ccco2)SC1=NS(=O)(=O)c1cccs1. The molecule has 0 unspecified atom stereocenters. The standard InChI is InChI=1S/C14H12N2O4S3/c1-2-16-13(17)11(9-10-5-3-7-20-10)22-14(16)15-23(18,19)12-6-4-8-21-12/h3-9H,2H2,1H3. The summed E-state index contributed by atoms with van der Waals surface area (Å²) in [6, 6.07) is 6.56. The van der Waals surface area contributed by atoms with E-state index >= 15 is 0 Å². The molecule has 0 spiro atoms. The number of hydrogen-bond acceptors (Lipinski definition) is 6. The van der Waals surface area contributed by atoms with Crippen LogP contribution in [0, 0.1) is 0 Å². The molecule has 0 N–H and O–H groups in total. The molecule has 3 heterocycles. The van der Waals surface area contributed by atoms with Gasteiger partial charge in [-0.2, -0.15) is 8.42 Å². The Bertz CT molecular complexity index is 865. The minimum absolute atomic E-state index is 0.151. The maximum Gasteiger partial charge on any atom is 0.294 e. The molecule has 0 aliphatic carbocycles. The number of thioether (sulfide) groups is 1. The predicted octanol–water partition coefficient (Wildman–Crippen LogP) is 3.02. The number of amidine groups is 1. The highest BCUT2D eigenvalue weighted by molar-refractivity contribution is 8.19. The Balaban J connectivity index is 1.97. The van der Waals surface area contributed by atoms with Gasteiger partial charge in [0.15, 0.2) is 5.17 Å². The molecule has 0 aromatic carbocycles. The zero-order valence-corrected chi connectivity index (χ0v) is 14.5. The second-order valence-electron chi connectivity index (χ2n) is 4.46. The molecule has 1 aliphatic heterocycles. The maximum absolute atomic E-state index is 12.4. The zero-order chi connectivity index (χ0) is 16.4. The summed E-state index contributed by atoms with van der Waals surface area (Å²) in [5.41, 5.74) is 0. The van der Waals surface area contributed by atoms with E-state index < -0.39 is 10.0 Å². The van der Waals surface area contributed by atoms with E-state index in [2.05, 4.69) is 4.40 Å². The molecule has 1 saturated heterocycles. The van der Waals surface area contributed by atoms with Crippen molar-refractivity contribution in [3.05, 3.63) is 46.6 Å². The zero-order valence-electron chi connectivity index (χ0n) is 12.0. The third-order valence-corrected chi connectivity index (χ3v) is 6.73. The smallest absolute Gasteiger partial charge is 0.294 e. The van der Waals surface area contributed by atoms with E-state index in [9.17, 15) is 13.2 Å². The van der Waals surface area contributed by atoms with E-state index in [1.807, 2.05) is 0 Å². The first-order valence-corrected chi connectivity index (χ1v) is 9.78. The lowest BCUT2D eigenvalue weighted by molar-refractivity contribution is -0.122. The average molecular weight is 368 g/mol. The molecule has 120 valence electrons. The third kappa shape index (κ3) is 3.26. The van der Waals surface area contributed by atoms with Crippen molar-refractivity contribution in [2.24, 2.45) is 4.40 Å². The number of furan rings is 1. The molecule has 6 nitrogen and oxygen atoms in total. The fourth-order valence-corrected chi connectivity index (χ4v) is 5.11. The van der Waals surface area contributed by atoms with Crippen molar-refractivity contribution in [1.29, 1.82) is 0 Å². The molecule has 3 rings (SSSR count). The Kier molecular flexibility index (Phi) is 4.42. The van der Waals surface area contributed by atoms with Crippen molar-refractivity contribution in [1.82, 2.24) is 4.90 Å². The monoisotopic (exact) mass is 368 g/mol. The Hall–Kier alpha value is -1.84. The van der Waals surface area contributed by atoms with Gasteiger partial charge in [-0.1, -0.05) is 6.07 Å². The van der Waals surface area contributed by atoms with Crippen LogP contribution in [0.1, 0.15) is 12.7 Å². The summed E-state index contributed by atoms with van der Waals surface area (Å²) < 4.78 is 33.7. The summed E-state index contributed by atoms with van der Waals surface area (Å²) >= 11 is 2.12. The van der Waals surface area contributed by atoms with Gasteiger partial charge in [0.05, 0.1) is 11.2 Å². The summed E-state index contributed by atoms with van der Waals surface area (Å²) in [7, 11) is -3.81. The Morgan fingerprint density at radius 1 is 1.35 bits per heavy atom. The minimum atomic E-state index is -3.81. The largest absolute Gasteiger partial charge is 0.465 e. The van der Waals surface area contributed by atoms with E-state index in [0.717, 1.165) is 23.1 Å². The highest BCUT2D eigenvalue weighted by atomic mass is 32.2. The molecule has 0 atom stereocenters. The predicted molar refractivity (Wildman–Crippen MR) is 90.6 cm³/mol. The highest BCUT2D eigenvalue weighted by Gasteiger charge is 2.34. The maximum atomic E-state index is 12.4. The number of hydrogen-bond donors (Lipinski definition) is 0. The van der Waals surface area contributed by atoms with E-state index in [0.29, 0.717) is 17.2 Å². The molecule has 1 amide bonds. The summed E-state index contributed by atoms with van der Waals surface area (Å²) in [5.74, 6) is 0.244. The summed E-state index contributed by atoms with van der Waals surface area (Å²) in [6.07, 6.45) is 3.08. The second-order valence-corrected chi connectivity index (χ2v) is 8.24. The van der Waals surface area contributed by atoms with Gasteiger partial charge in [-0.05, 0) is 42.3 Å². The van der Waals surface area contributed by atoms with E-state index in [1.165, 1.54) is 17.2 Å². The molecule has 1 aliphatic rings. The molecule has 0 saturated carbocycles. The van der Waals surface area contributed by atoms with Crippen LogP contribution in [-0.2, 0) is 14.8 Å². The minimum Gasteiger partial charge on any atom is -0.465 e. The molecule has 23 heavy (non-hydrogen) atoms. The van der Waals surface area contributed by atoms with Crippen LogP contribution >= 0.6 is 23.1 Å². The van der Waals surface area contributed by atoms with Gasteiger partial charge in [0, 0.05) is 12.6 Å². The van der Waals surface area contributed by atoms with Crippen LogP contribution in [0.4, 0.5) is 0 Å². The highest BCUT2D eigenvalue weighted by Crippen LogP contribution is 2.33. The van der Waals surface area contributed by atoms with E-state index in [-0.39, 0.29) is 15.3 Å². The molecule has 2 aromatic rings. The van der Waals surface area contributed by atoms with Gasteiger partial charge < -0.3 is 4.42 Å². The Morgan fingerprint density at radius 2 is 2.17 bits per heavy atom. The number of sulfonamides is 1. The first kappa shape index (κ1) is 16.0. The fraction of sp³-hybridized carbons (Fsp3) is 0.143. The van der Waals surface area contributed by atoms with Crippen molar-refractivity contribution >= 4 is 50.3 Å². The first-order chi connectivity index (χ1) is 11.0. The van der Waals surface area contributed by atoms with Crippen molar-refractivity contribution < 1.29 is 17.6 Å². The van der Waals surface area contributed by atoms with Gasteiger partial charge in [-0.3, -0.25) is 9.69 Å². The number of likely N-dealkylation sites (N-methyl/N-ethyl adjacent to an activating group) is 1. The quantitative estimate of drug-likeness (QED) is 0.775. The van der Waals surface area contributed by atoms with Gasteiger partial charge in [0.2, 0.25) is 0 Å². The first-order valence-electron chi connectivity index (χ1n) is 6.64. The number of carbonyl (C=O) groups is 1. The molecule has 0 bridgehead atoms. The van der Waals surface area contributed by atoms with Crippen LogP contribution in [0.2, 0.25) is 0 Å². The molecule has 9 heteroatoms. The lowest BCUT2D eigenvalue weighted by Crippen LogP contribution is -2.29. The van der Waals surface area contributed by atoms with Crippen molar-refractivity contribution in [3.8, 4) is 0 Å². The lowest BCUT2D eigenvalue weighted by atomic mass is 10.3. The van der Waals surface area contributed by atoms with Crippen molar-refractivity contribution in [2.45, 2.75) is 11.1 Å². The van der Waals surface area contributed by atoms with Gasteiger partial charge in [0.25, 0.3) is 15.9 Å². The van der Waals surface area contributed by atoms with Crippen molar-refractivity contribution in [3.63, 3.8) is 0 Å². The average Bonchev–Trinajstić information content (AvgIpc) is 3.23. The molecule has 1 fully saturated rings. The van der Waals surface area contributed by atoms with Crippen LogP contribution in [0.5, 0.6) is 0 Å². The molecular weight excluding hydrogens is 356 g/mol. The second kappa shape index (κ2) is 6.34. The van der Waals surface area contributed by atoms with Crippen LogP contribution in [0.3, 0.4) is 0 Å². The molecule has 2 aromatic heterocycles. The van der Waals surface area contributed by atoms with Gasteiger partial charge in [-0.25, -0.2) is 0 Å². The van der Waals surface area contributed by atoms with Gasteiger partial charge >= 0.3 is 0 Å². The topological polar surface area (TPSA) is 80.0 Å². The van der Waals surface area contributed by atoms with Crippen molar-refractivity contribution in [2.75, 3.05) is 6.54 Å². The Morgan fingerprint density at radius 3 is 2.78 bits per heavy atom. The summed E-state index contributed by atoms with van der Waals surface area (Å²) in [4.78, 5) is 14.1. The molecular formula is C14H12N2O4S3. The number of amides is 1.